The molecule has 138 valence electrons. The molecule has 5 nitrogen and oxygen atoms in total. The van der Waals surface area contributed by atoms with E-state index in [0.29, 0.717) is 5.69 Å². The zero-order valence-electron chi connectivity index (χ0n) is 13.8. The van der Waals surface area contributed by atoms with Gasteiger partial charge in [-0.2, -0.15) is 0 Å². The van der Waals surface area contributed by atoms with Crippen molar-refractivity contribution in [2.75, 3.05) is 10.0 Å². The number of rotatable bonds is 5. The topological polar surface area (TPSA) is 75.3 Å². The molecule has 0 radical (unpaired) electrons. The number of carbonyl (C=O) groups is 1. The van der Waals surface area contributed by atoms with Crippen molar-refractivity contribution in [2.24, 2.45) is 0 Å². The Morgan fingerprint density at radius 1 is 0.778 bits per heavy atom. The van der Waals surface area contributed by atoms with Gasteiger partial charge in [0.1, 0.15) is 17.3 Å². The van der Waals surface area contributed by atoms with E-state index in [1.165, 1.54) is 30.3 Å². The molecule has 3 rings (SSSR count). The minimum atomic E-state index is -3.83. The van der Waals surface area contributed by atoms with Crippen LogP contribution in [0.2, 0.25) is 0 Å². The van der Waals surface area contributed by atoms with Crippen LogP contribution in [0.3, 0.4) is 0 Å². The van der Waals surface area contributed by atoms with Crippen LogP contribution in [0.25, 0.3) is 0 Å². The Morgan fingerprint density at radius 3 is 1.96 bits per heavy atom. The number of benzene rings is 3. The molecule has 0 aliphatic rings. The number of amides is 1. The van der Waals surface area contributed by atoms with E-state index in [4.69, 9.17) is 0 Å². The number of para-hydroxylation sites is 2. The summed E-state index contributed by atoms with van der Waals surface area (Å²) in [6, 6.07) is 16.5. The van der Waals surface area contributed by atoms with E-state index in [0.717, 1.165) is 12.1 Å². The first-order valence-electron chi connectivity index (χ1n) is 7.80. The molecule has 0 saturated heterocycles. The summed E-state index contributed by atoms with van der Waals surface area (Å²) in [5, 5.41) is 2.14. The third-order valence-electron chi connectivity index (χ3n) is 3.65. The minimum Gasteiger partial charge on any atom is -0.317 e. The molecule has 0 aliphatic heterocycles. The molecule has 0 aliphatic carbocycles. The number of anilines is 2. The average molecular weight is 388 g/mol. The number of sulfonamides is 1. The van der Waals surface area contributed by atoms with Gasteiger partial charge in [-0.3, -0.25) is 9.52 Å². The molecule has 0 spiro atoms. The summed E-state index contributed by atoms with van der Waals surface area (Å²) in [4.78, 5) is 12.1. The van der Waals surface area contributed by atoms with Crippen LogP contribution in [-0.2, 0) is 10.0 Å². The third-order valence-corrected chi connectivity index (χ3v) is 5.05. The molecule has 3 aromatic carbocycles. The summed E-state index contributed by atoms with van der Waals surface area (Å²) in [5.74, 6) is -2.58. The summed E-state index contributed by atoms with van der Waals surface area (Å²) in [5.41, 5.74) is -0.115. The van der Waals surface area contributed by atoms with Crippen LogP contribution in [0.5, 0.6) is 0 Å². The van der Waals surface area contributed by atoms with E-state index < -0.39 is 33.3 Å². The fourth-order valence-corrected chi connectivity index (χ4v) is 3.37. The lowest BCUT2D eigenvalue weighted by Crippen LogP contribution is -2.16. The molecule has 0 bridgehead atoms. The summed E-state index contributed by atoms with van der Waals surface area (Å²) < 4.78 is 54.3. The summed E-state index contributed by atoms with van der Waals surface area (Å²) in [6.45, 7) is 0. The van der Waals surface area contributed by atoms with Gasteiger partial charge in [-0.1, -0.05) is 24.3 Å². The maximum absolute atomic E-state index is 13.6. The Hall–Kier alpha value is -3.26. The normalized spacial score (nSPS) is 11.0. The third kappa shape index (κ3) is 4.29. The average Bonchev–Trinajstić information content (AvgIpc) is 2.65. The van der Waals surface area contributed by atoms with Crippen molar-refractivity contribution >= 4 is 27.3 Å². The second kappa shape index (κ2) is 7.55. The molecule has 0 atom stereocenters. The molecular formula is C19H14F2N2O3S. The highest BCUT2D eigenvalue weighted by Gasteiger charge is 2.17. The highest BCUT2D eigenvalue weighted by atomic mass is 32.2. The zero-order valence-corrected chi connectivity index (χ0v) is 14.6. The molecule has 27 heavy (non-hydrogen) atoms. The van der Waals surface area contributed by atoms with Crippen molar-refractivity contribution in [1.29, 1.82) is 0 Å². The van der Waals surface area contributed by atoms with Gasteiger partial charge in [0, 0.05) is 11.3 Å². The van der Waals surface area contributed by atoms with Crippen LogP contribution in [0.15, 0.2) is 77.7 Å². The number of hydrogen-bond donors (Lipinski definition) is 2. The maximum atomic E-state index is 13.6. The smallest absolute Gasteiger partial charge is 0.261 e. The standard InChI is InChI=1S/C19H14F2N2O3S/c20-16-7-4-8-17(21)18(16)22-19(24)13-9-11-15(12-10-13)27(25,26)23-14-5-2-1-3-6-14/h1-12,23H,(H,22,24). The summed E-state index contributed by atoms with van der Waals surface area (Å²) in [6.07, 6.45) is 0. The highest BCUT2D eigenvalue weighted by Crippen LogP contribution is 2.20. The van der Waals surface area contributed by atoms with E-state index in [1.54, 1.807) is 30.3 Å². The second-order valence-electron chi connectivity index (χ2n) is 5.55. The van der Waals surface area contributed by atoms with Crippen molar-refractivity contribution < 1.29 is 22.0 Å². The zero-order chi connectivity index (χ0) is 19.4. The number of nitrogens with one attached hydrogen (secondary N) is 2. The SMILES string of the molecule is O=C(Nc1c(F)cccc1F)c1ccc(S(=O)(=O)Nc2ccccc2)cc1. The molecule has 0 aromatic heterocycles. The molecule has 2 N–H and O–H groups in total. The van der Waals surface area contributed by atoms with Crippen LogP contribution < -0.4 is 10.0 Å². The van der Waals surface area contributed by atoms with Crippen LogP contribution >= 0.6 is 0 Å². The van der Waals surface area contributed by atoms with Gasteiger partial charge in [0.2, 0.25) is 0 Å². The predicted molar refractivity (Wildman–Crippen MR) is 98.0 cm³/mol. The lowest BCUT2D eigenvalue weighted by atomic mass is 10.2. The largest absolute Gasteiger partial charge is 0.317 e. The monoisotopic (exact) mass is 388 g/mol. The van der Waals surface area contributed by atoms with Crippen molar-refractivity contribution in [1.82, 2.24) is 0 Å². The van der Waals surface area contributed by atoms with Crippen molar-refractivity contribution in [3.8, 4) is 0 Å². The van der Waals surface area contributed by atoms with E-state index in [9.17, 15) is 22.0 Å². The number of hydrogen-bond acceptors (Lipinski definition) is 3. The Kier molecular flexibility index (Phi) is 5.18. The van der Waals surface area contributed by atoms with Gasteiger partial charge in [0.25, 0.3) is 15.9 Å². The Morgan fingerprint density at radius 2 is 1.37 bits per heavy atom. The molecule has 3 aromatic rings. The van der Waals surface area contributed by atoms with Crippen molar-refractivity contribution in [2.45, 2.75) is 4.90 Å². The molecule has 0 saturated carbocycles. The fraction of sp³-hybridized carbons (Fsp3) is 0. The van der Waals surface area contributed by atoms with Crippen LogP contribution in [0, 0.1) is 11.6 Å². The van der Waals surface area contributed by atoms with Crippen LogP contribution in [0.4, 0.5) is 20.2 Å². The van der Waals surface area contributed by atoms with Gasteiger partial charge in [0.05, 0.1) is 4.90 Å². The molecule has 8 heteroatoms. The number of carbonyl (C=O) groups excluding carboxylic acids is 1. The van der Waals surface area contributed by atoms with E-state index in [1.807, 2.05) is 0 Å². The lowest BCUT2D eigenvalue weighted by Gasteiger charge is -2.10. The summed E-state index contributed by atoms with van der Waals surface area (Å²) >= 11 is 0. The molecule has 1 amide bonds. The first kappa shape index (κ1) is 18.5. The Bertz CT molecular complexity index is 1050. The Balaban J connectivity index is 1.77. The first-order valence-corrected chi connectivity index (χ1v) is 9.28. The van der Waals surface area contributed by atoms with E-state index >= 15 is 0 Å². The van der Waals surface area contributed by atoms with E-state index in [2.05, 4.69) is 10.0 Å². The predicted octanol–water partition coefficient (Wildman–Crippen LogP) is 4.02. The number of halogens is 2. The van der Waals surface area contributed by atoms with Gasteiger partial charge >= 0.3 is 0 Å². The maximum Gasteiger partial charge on any atom is 0.261 e. The fourth-order valence-electron chi connectivity index (χ4n) is 2.31. The van der Waals surface area contributed by atoms with Crippen molar-refractivity contribution in [3.05, 3.63) is 90.0 Å². The van der Waals surface area contributed by atoms with E-state index in [-0.39, 0.29) is 10.5 Å². The van der Waals surface area contributed by atoms with Crippen LogP contribution in [0.1, 0.15) is 10.4 Å². The quantitative estimate of drug-likeness (QED) is 0.693. The Labute approximate surface area is 154 Å². The van der Waals surface area contributed by atoms with Gasteiger partial charge in [0.15, 0.2) is 0 Å². The summed E-state index contributed by atoms with van der Waals surface area (Å²) in [7, 11) is -3.83. The van der Waals surface area contributed by atoms with Gasteiger partial charge in [-0.05, 0) is 48.5 Å². The second-order valence-corrected chi connectivity index (χ2v) is 7.23. The van der Waals surface area contributed by atoms with Gasteiger partial charge in [-0.25, -0.2) is 17.2 Å². The highest BCUT2D eigenvalue weighted by molar-refractivity contribution is 7.92. The first-order chi connectivity index (χ1) is 12.9. The van der Waals surface area contributed by atoms with Gasteiger partial charge in [-0.15, -0.1) is 0 Å². The molecule has 0 fully saturated rings. The molecule has 0 heterocycles. The van der Waals surface area contributed by atoms with Crippen molar-refractivity contribution in [3.63, 3.8) is 0 Å². The lowest BCUT2D eigenvalue weighted by molar-refractivity contribution is 0.102. The minimum absolute atomic E-state index is 0.0521. The molecular weight excluding hydrogens is 374 g/mol. The van der Waals surface area contributed by atoms with Gasteiger partial charge < -0.3 is 5.32 Å². The molecule has 0 unspecified atom stereocenters. The van der Waals surface area contributed by atoms with Crippen LogP contribution in [-0.4, -0.2) is 14.3 Å².